The van der Waals surface area contributed by atoms with Gasteiger partial charge in [0.05, 0.1) is 17.2 Å². The molecule has 0 amide bonds. The van der Waals surface area contributed by atoms with E-state index in [1.807, 2.05) is 0 Å². The van der Waals surface area contributed by atoms with Crippen LogP contribution in [0.15, 0.2) is 16.2 Å². The molecule has 1 saturated carbocycles. The molecule has 0 radical (unpaired) electrons. The first kappa shape index (κ1) is 11.8. The largest absolute Gasteiger partial charge is 0.333 e. The highest BCUT2D eigenvalue weighted by molar-refractivity contribution is 7.13. The number of thiazole rings is 1. The molecule has 1 fully saturated rings. The predicted octanol–water partition coefficient (Wildman–Crippen LogP) is 2.70. The fourth-order valence-corrected chi connectivity index (χ4v) is 2.97. The SMILES string of the molecule is NC1(c2noc(-c3cncs3)n2)CCCCCC1. The summed E-state index contributed by atoms with van der Waals surface area (Å²) in [6, 6.07) is 0. The zero-order valence-corrected chi connectivity index (χ0v) is 10.9. The van der Waals surface area contributed by atoms with E-state index in [4.69, 9.17) is 10.3 Å². The van der Waals surface area contributed by atoms with E-state index in [9.17, 15) is 0 Å². The average Bonchev–Trinajstić information content (AvgIpc) is 3.00. The van der Waals surface area contributed by atoms with E-state index in [1.165, 1.54) is 24.2 Å². The molecule has 1 aliphatic rings. The first-order valence-corrected chi connectivity index (χ1v) is 7.18. The lowest BCUT2D eigenvalue weighted by atomic mass is 9.91. The van der Waals surface area contributed by atoms with Crippen LogP contribution >= 0.6 is 11.3 Å². The molecule has 18 heavy (non-hydrogen) atoms. The number of hydrogen-bond donors (Lipinski definition) is 1. The lowest BCUT2D eigenvalue weighted by Gasteiger charge is -2.23. The van der Waals surface area contributed by atoms with Crippen molar-refractivity contribution >= 4 is 11.3 Å². The molecule has 6 heteroatoms. The Balaban J connectivity index is 1.88. The van der Waals surface area contributed by atoms with Crippen LogP contribution in [-0.2, 0) is 5.54 Å². The molecule has 0 saturated heterocycles. The standard InChI is InChI=1S/C12H16N4OS/c13-12(5-3-1-2-4-6-12)11-15-10(17-16-11)9-7-14-8-18-9/h7-8H,1-6,13H2. The van der Waals surface area contributed by atoms with Gasteiger partial charge in [-0.05, 0) is 12.8 Å². The summed E-state index contributed by atoms with van der Waals surface area (Å²) in [5.41, 5.74) is 7.79. The second-order valence-electron chi connectivity index (χ2n) is 4.86. The molecule has 2 heterocycles. The monoisotopic (exact) mass is 264 g/mol. The maximum absolute atomic E-state index is 6.45. The first-order valence-electron chi connectivity index (χ1n) is 6.30. The van der Waals surface area contributed by atoms with Crippen molar-refractivity contribution in [1.29, 1.82) is 0 Å². The van der Waals surface area contributed by atoms with Crippen LogP contribution in [0.5, 0.6) is 0 Å². The summed E-state index contributed by atoms with van der Waals surface area (Å²) >= 11 is 1.49. The zero-order valence-electron chi connectivity index (χ0n) is 10.1. The molecule has 0 bridgehead atoms. The fraction of sp³-hybridized carbons (Fsp3) is 0.583. The van der Waals surface area contributed by atoms with Crippen molar-refractivity contribution in [2.45, 2.75) is 44.1 Å². The minimum absolute atomic E-state index is 0.414. The van der Waals surface area contributed by atoms with E-state index >= 15 is 0 Å². The highest BCUT2D eigenvalue weighted by atomic mass is 32.1. The third-order valence-corrected chi connectivity index (χ3v) is 4.27. The summed E-state index contributed by atoms with van der Waals surface area (Å²) in [4.78, 5) is 9.36. The Morgan fingerprint density at radius 1 is 1.22 bits per heavy atom. The zero-order chi connectivity index (χ0) is 12.4. The molecule has 2 aromatic heterocycles. The van der Waals surface area contributed by atoms with Gasteiger partial charge in [0.2, 0.25) is 0 Å². The van der Waals surface area contributed by atoms with E-state index < -0.39 is 5.54 Å². The van der Waals surface area contributed by atoms with Crippen molar-refractivity contribution in [2.75, 3.05) is 0 Å². The van der Waals surface area contributed by atoms with Gasteiger partial charge in [-0.3, -0.25) is 4.98 Å². The summed E-state index contributed by atoms with van der Waals surface area (Å²) in [5.74, 6) is 1.18. The van der Waals surface area contributed by atoms with Gasteiger partial charge in [-0.25, -0.2) is 0 Å². The highest BCUT2D eigenvalue weighted by Gasteiger charge is 2.33. The minimum Gasteiger partial charge on any atom is -0.333 e. The summed E-state index contributed by atoms with van der Waals surface area (Å²) in [6.45, 7) is 0. The van der Waals surface area contributed by atoms with E-state index in [0.29, 0.717) is 11.7 Å². The molecule has 5 nitrogen and oxygen atoms in total. The van der Waals surface area contributed by atoms with Gasteiger partial charge in [-0.2, -0.15) is 4.98 Å². The third kappa shape index (κ3) is 2.18. The Kier molecular flexibility index (Phi) is 3.13. The predicted molar refractivity (Wildman–Crippen MR) is 69.0 cm³/mol. The second kappa shape index (κ2) is 4.78. The minimum atomic E-state index is -0.414. The number of aromatic nitrogens is 3. The van der Waals surface area contributed by atoms with E-state index in [1.54, 1.807) is 11.7 Å². The van der Waals surface area contributed by atoms with E-state index in [-0.39, 0.29) is 0 Å². The van der Waals surface area contributed by atoms with Gasteiger partial charge in [-0.15, -0.1) is 11.3 Å². The topological polar surface area (TPSA) is 77.8 Å². The van der Waals surface area contributed by atoms with Crippen molar-refractivity contribution in [3.8, 4) is 10.8 Å². The molecule has 3 rings (SSSR count). The van der Waals surface area contributed by atoms with Crippen LogP contribution in [0.1, 0.15) is 44.3 Å². The lowest BCUT2D eigenvalue weighted by molar-refractivity contribution is 0.334. The molecular weight excluding hydrogens is 248 g/mol. The molecule has 2 aromatic rings. The van der Waals surface area contributed by atoms with Crippen molar-refractivity contribution in [1.82, 2.24) is 15.1 Å². The van der Waals surface area contributed by atoms with Crippen LogP contribution < -0.4 is 5.73 Å². The number of nitrogens with two attached hydrogens (primary N) is 1. The van der Waals surface area contributed by atoms with Gasteiger partial charge >= 0.3 is 0 Å². The summed E-state index contributed by atoms with van der Waals surface area (Å²) in [7, 11) is 0. The maximum Gasteiger partial charge on any atom is 0.269 e. The van der Waals surface area contributed by atoms with Crippen LogP contribution in [0.3, 0.4) is 0 Å². The van der Waals surface area contributed by atoms with Crippen LogP contribution in [0.2, 0.25) is 0 Å². The quantitative estimate of drug-likeness (QED) is 0.844. The summed E-state index contributed by atoms with van der Waals surface area (Å²) < 4.78 is 5.30. The van der Waals surface area contributed by atoms with Gasteiger partial charge in [0.1, 0.15) is 4.88 Å². The van der Waals surface area contributed by atoms with Gasteiger partial charge in [0, 0.05) is 0 Å². The Labute approximate surface area is 109 Å². The molecule has 0 unspecified atom stereocenters. The molecule has 1 aliphatic carbocycles. The van der Waals surface area contributed by atoms with Crippen LogP contribution in [0.4, 0.5) is 0 Å². The lowest BCUT2D eigenvalue weighted by Crippen LogP contribution is -2.37. The van der Waals surface area contributed by atoms with Gasteiger partial charge in [0.15, 0.2) is 5.82 Å². The van der Waals surface area contributed by atoms with Gasteiger partial charge in [-0.1, -0.05) is 30.8 Å². The van der Waals surface area contributed by atoms with Crippen LogP contribution in [-0.4, -0.2) is 15.1 Å². The summed E-state index contributed by atoms with van der Waals surface area (Å²) in [5, 5.41) is 4.08. The second-order valence-corrected chi connectivity index (χ2v) is 5.75. The van der Waals surface area contributed by atoms with Crippen LogP contribution in [0, 0.1) is 0 Å². The average molecular weight is 264 g/mol. The van der Waals surface area contributed by atoms with Crippen molar-refractivity contribution < 1.29 is 4.52 Å². The highest BCUT2D eigenvalue weighted by Crippen LogP contribution is 2.33. The van der Waals surface area contributed by atoms with Crippen molar-refractivity contribution in [3.63, 3.8) is 0 Å². The summed E-state index contributed by atoms with van der Waals surface area (Å²) in [6.07, 6.45) is 8.39. The molecule has 96 valence electrons. The molecule has 0 aliphatic heterocycles. The Bertz CT molecular complexity index is 500. The molecular formula is C12H16N4OS. The van der Waals surface area contributed by atoms with E-state index in [0.717, 1.165) is 30.6 Å². The third-order valence-electron chi connectivity index (χ3n) is 3.51. The Morgan fingerprint density at radius 3 is 2.67 bits per heavy atom. The maximum atomic E-state index is 6.45. The normalized spacial score (nSPS) is 19.6. The smallest absolute Gasteiger partial charge is 0.269 e. The van der Waals surface area contributed by atoms with Gasteiger partial charge in [0.25, 0.3) is 5.89 Å². The molecule has 2 N–H and O–H groups in total. The van der Waals surface area contributed by atoms with E-state index in [2.05, 4.69) is 15.1 Å². The number of rotatable bonds is 2. The Hall–Kier alpha value is -1.27. The molecule has 0 aromatic carbocycles. The van der Waals surface area contributed by atoms with Crippen molar-refractivity contribution in [2.24, 2.45) is 5.73 Å². The number of nitrogens with zero attached hydrogens (tertiary/aromatic N) is 3. The molecule has 0 spiro atoms. The molecule has 0 atom stereocenters. The Morgan fingerprint density at radius 2 is 2.00 bits per heavy atom. The fourth-order valence-electron chi connectivity index (χ4n) is 2.43. The number of hydrogen-bond acceptors (Lipinski definition) is 6. The van der Waals surface area contributed by atoms with Crippen LogP contribution in [0.25, 0.3) is 10.8 Å². The first-order chi connectivity index (χ1) is 8.78. The van der Waals surface area contributed by atoms with Gasteiger partial charge < -0.3 is 10.3 Å². The van der Waals surface area contributed by atoms with Crippen molar-refractivity contribution in [3.05, 3.63) is 17.5 Å².